The summed E-state index contributed by atoms with van der Waals surface area (Å²) in [6, 6.07) is 19.5. The molecule has 1 heterocycles. The lowest BCUT2D eigenvalue weighted by Gasteiger charge is -2.18. The first kappa shape index (κ1) is 23.9. The summed E-state index contributed by atoms with van der Waals surface area (Å²) in [5, 5.41) is 14.3. The molecular weight excluding hydrogens is 448 g/mol. The van der Waals surface area contributed by atoms with Gasteiger partial charge in [0.15, 0.2) is 0 Å². The van der Waals surface area contributed by atoms with Crippen LogP contribution in [-0.4, -0.2) is 66.2 Å². The van der Waals surface area contributed by atoms with E-state index in [1.165, 1.54) is 12.1 Å². The molecule has 1 atom stereocenters. The molecule has 2 amide bonds. The van der Waals surface area contributed by atoms with Crippen molar-refractivity contribution >= 4 is 23.8 Å². The van der Waals surface area contributed by atoms with Gasteiger partial charge in [-0.1, -0.05) is 54.6 Å². The third-order valence-corrected chi connectivity index (χ3v) is 5.71. The lowest BCUT2D eigenvalue weighted by molar-refractivity contribution is -0.139. The summed E-state index contributed by atoms with van der Waals surface area (Å²) in [7, 11) is 3.42. The number of carboxylic acid groups (broad SMARTS) is 1. The van der Waals surface area contributed by atoms with Crippen LogP contribution in [0.3, 0.4) is 0 Å². The third-order valence-electron chi connectivity index (χ3n) is 5.71. The second kappa shape index (κ2) is 10.4. The maximum absolute atomic E-state index is 12.5. The molecule has 2 aromatic carbocycles. The number of aromatic nitrogens is 1. The largest absolute Gasteiger partial charge is 0.480 e. The standard InChI is InChI=1S/C26H26N4O5/c1-30(2)14-22(25(32)33)28-24(31)21-12-7-13-23(27-21)29-26(34)35-15-20-18-10-5-3-8-16(18)17-9-4-6-11-19(17)20/h3-13,20,22H,14-15H2,1-2H3,(H,28,31)(H,32,33)(H,27,29,34). The molecule has 0 saturated carbocycles. The number of fused-ring (bicyclic) bond motifs is 3. The Morgan fingerprint density at radius 2 is 1.60 bits per heavy atom. The number of carbonyl (C=O) groups excluding carboxylic acids is 2. The van der Waals surface area contributed by atoms with E-state index in [-0.39, 0.29) is 30.6 Å². The summed E-state index contributed by atoms with van der Waals surface area (Å²) in [5.74, 6) is -1.77. The molecule has 4 rings (SSSR count). The summed E-state index contributed by atoms with van der Waals surface area (Å²) in [6.45, 7) is 0.267. The lowest BCUT2D eigenvalue weighted by Crippen LogP contribution is -2.47. The van der Waals surface area contributed by atoms with Crippen LogP contribution in [0.15, 0.2) is 66.7 Å². The zero-order valence-corrected chi connectivity index (χ0v) is 19.4. The van der Waals surface area contributed by atoms with Crippen LogP contribution in [-0.2, 0) is 9.53 Å². The van der Waals surface area contributed by atoms with Crippen LogP contribution in [0.25, 0.3) is 11.1 Å². The second-order valence-corrected chi connectivity index (χ2v) is 8.49. The average molecular weight is 475 g/mol. The van der Waals surface area contributed by atoms with Gasteiger partial charge in [0.25, 0.3) is 5.91 Å². The normalized spacial score (nSPS) is 13.0. The molecule has 0 radical (unpaired) electrons. The molecule has 3 aromatic rings. The van der Waals surface area contributed by atoms with Gasteiger partial charge < -0.3 is 20.1 Å². The number of rotatable bonds is 8. The topological polar surface area (TPSA) is 121 Å². The maximum atomic E-state index is 12.5. The first-order valence-corrected chi connectivity index (χ1v) is 11.1. The van der Waals surface area contributed by atoms with Gasteiger partial charge in [0.2, 0.25) is 0 Å². The molecule has 0 spiro atoms. The first-order valence-electron chi connectivity index (χ1n) is 11.1. The Labute approximate surface area is 202 Å². The predicted molar refractivity (Wildman–Crippen MR) is 130 cm³/mol. The van der Waals surface area contributed by atoms with E-state index in [1.54, 1.807) is 25.1 Å². The van der Waals surface area contributed by atoms with Crippen molar-refractivity contribution in [3.8, 4) is 11.1 Å². The van der Waals surface area contributed by atoms with Crippen LogP contribution >= 0.6 is 0 Å². The van der Waals surface area contributed by atoms with E-state index in [0.29, 0.717) is 0 Å². The fraction of sp³-hybridized carbons (Fsp3) is 0.231. The number of hydrogen-bond acceptors (Lipinski definition) is 6. The number of nitrogens with zero attached hydrogens (tertiary/aromatic N) is 2. The fourth-order valence-corrected chi connectivity index (χ4v) is 4.15. The van der Waals surface area contributed by atoms with Crippen molar-refractivity contribution in [2.75, 3.05) is 32.6 Å². The van der Waals surface area contributed by atoms with Gasteiger partial charge in [-0.25, -0.2) is 14.6 Å². The number of aliphatic carboxylic acids is 1. The van der Waals surface area contributed by atoms with Crippen LogP contribution in [0.2, 0.25) is 0 Å². The maximum Gasteiger partial charge on any atom is 0.412 e. The predicted octanol–water partition coefficient (Wildman–Crippen LogP) is 3.19. The Morgan fingerprint density at radius 1 is 0.971 bits per heavy atom. The zero-order valence-electron chi connectivity index (χ0n) is 19.4. The minimum absolute atomic E-state index is 0.0218. The number of pyridine rings is 1. The molecular formula is C26H26N4O5. The third kappa shape index (κ3) is 5.47. The molecule has 0 fully saturated rings. The SMILES string of the molecule is CN(C)CC(NC(=O)c1cccc(NC(=O)OCC2c3ccccc3-c3ccccc32)n1)C(=O)O. The summed E-state index contributed by atoms with van der Waals surface area (Å²) in [6.07, 6.45) is -0.701. The molecule has 1 aliphatic rings. The van der Waals surface area contributed by atoms with Gasteiger partial charge in [-0.15, -0.1) is 0 Å². The van der Waals surface area contributed by atoms with E-state index in [2.05, 4.69) is 27.8 Å². The molecule has 0 aliphatic heterocycles. The van der Waals surface area contributed by atoms with E-state index in [1.807, 2.05) is 36.4 Å². The Morgan fingerprint density at radius 3 is 2.20 bits per heavy atom. The Hall–Kier alpha value is -4.24. The van der Waals surface area contributed by atoms with E-state index < -0.39 is 24.0 Å². The van der Waals surface area contributed by atoms with Gasteiger partial charge in [0.1, 0.15) is 24.2 Å². The number of nitrogens with one attached hydrogen (secondary N) is 2. The Bertz CT molecular complexity index is 1210. The van der Waals surface area contributed by atoms with Crippen LogP contribution in [0.4, 0.5) is 10.6 Å². The molecule has 9 heteroatoms. The highest BCUT2D eigenvalue weighted by Crippen LogP contribution is 2.44. The molecule has 9 nitrogen and oxygen atoms in total. The Balaban J connectivity index is 1.39. The van der Waals surface area contributed by atoms with Crippen molar-refractivity contribution in [2.45, 2.75) is 12.0 Å². The number of carboxylic acids is 1. The van der Waals surface area contributed by atoms with E-state index >= 15 is 0 Å². The second-order valence-electron chi connectivity index (χ2n) is 8.49. The number of benzene rings is 2. The summed E-state index contributed by atoms with van der Waals surface area (Å²) in [5.41, 5.74) is 4.44. The van der Waals surface area contributed by atoms with Crippen molar-refractivity contribution in [1.29, 1.82) is 0 Å². The van der Waals surface area contributed by atoms with Gasteiger partial charge >= 0.3 is 12.1 Å². The summed E-state index contributed by atoms with van der Waals surface area (Å²) >= 11 is 0. The van der Waals surface area contributed by atoms with Gasteiger partial charge in [0, 0.05) is 12.5 Å². The molecule has 35 heavy (non-hydrogen) atoms. The molecule has 180 valence electrons. The fourth-order valence-electron chi connectivity index (χ4n) is 4.15. The van der Waals surface area contributed by atoms with Gasteiger partial charge in [-0.05, 0) is 48.5 Å². The van der Waals surface area contributed by atoms with Gasteiger partial charge in [0.05, 0.1) is 0 Å². The van der Waals surface area contributed by atoms with Crippen molar-refractivity contribution in [2.24, 2.45) is 0 Å². The van der Waals surface area contributed by atoms with Gasteiger partial charge in [-0.3, -0.25) is 10.1 Å². The zero-order chi connectivity index (χ0) is 24.9. The van der Waals surface area contributed by atoms with Crippen molar-refractivity contribution in [3.05, 3.63) is 83.6 Å². The van der Waals surface area contributed by atoms with Crippen LogP contribution in [0, 0.1) is 0 Å². The molecule has 0 bridgehead atoms. The summed E-state index contributed by atoms with van der Waals surface area (Å²) in [4.78, 5) is 42.2. The molecule has 1 aliphatic carbocycles. The number of carbonyl (C=O) groups is 3. The summed E-state index contributed by atoms with van der Waals surface area (Å²) < 4.78 is 5.51. The number of hydrogen-bond donors (Lipinski definition) is 3. The molecule has 1 aromatic heterocycles. The first-order chi connectivity index (χ1) is 16.8. The number of ether oxygens (including phenoxy) is 1. The molecule has 0 saturated heterocycles. The van der Waals surface area contributed by atoms with Crippen LogP contribution in [0.5, 0.6) is 0 Å². The van der Waals surface area contributed by atoms with Crippen LogP contribution < -0.4 is 10.6 Å². The smallest absolute Gasteiger partial charge is 0.412 e. The lowest BCUT2D eigenvalue weighted by atomic mass is 9.98. The highest BCUT2D eigenvalue weighted by molar-refractivity contribution is 5.95. The number of likely N-dealkylation sites (N-methyl/N-ethyl adjacent to an activating group) is 1. The van der Waals surface area contributed by atoms with E-state index in [9.17, 15) is 19.5 Å². The molecule has 3 N–H and O–H groups in total. The van der Waals surface area contributed by atoms with Gasteiger partial charge in [-0.2, -0.15) is 0 Å². The van der Waals surface area contributed by atoms with Crippen LogP contribution in [0.1, 0.15) is 27.5 Å². The van der Waals surface area contributed by atoms with Crippen molar-refractivity contribution < 1.29 is 24.2 Å². The number of anilines is 1. The number of amides is 2. The highest BCUT2D eigenvalue weighted by atomic mass is 16.5. The van der Waals surface area contributed by atoms with Crippen molar-refractivity contribution in [3.63, 3.8) is 0 Å². The van der Waals surface area contributed by atoms with E-state index in [4.69, 9.17) is 4.74 Å². The average Bonchev–Trinajstić information content (AvgIpc) is 3.16. The van der Waals surface area contributed by atoms with Crippen molar-refractivity contribution in [1.82, 2.24) is 15.2 Å². The minimum Gasteiger partial charge on any atom is -0.480 e. The highest BCUT2D eigenvalue weighted by Gasteiger charge is 2.29. The van der Waals surface area contributed by atoms with E-state index in [0.717, 1.165) is 22.3 Å². The minimum atomic E-state index is -1.15. The quantitative estimate of drug-likeness (QED) is 0.458. The Kier molecular flexibility index (Phi) is 7.07. The monoisotopic (exact) mass is 474 g/mol. The molecule has 1 unspecified atom stereocenters.